The van der Waals surface area contributed by atoms with Gasteiger partial charge in [-0.25, -0.2) is 0 Å². The number of ether oxygens (including phenoxy) is 1. The number of rotatable bonds is 3. The van der Waals surface area contributed by atoms with Crippen molar-refractivity contribution in [2.24, 2.45) is 0 Å². The number of likely N-dealkylation sites (tertiary alicyclic amines) is 1. The Kier molecular flexibility index (Phi) is 3.86. The van der Waals surface area contributed by atoms with Crippen molar-refractivity contribution in [3.63, 3.8) is 0 Å². The first-order chi connectivity index (χ1) is 8.67. The van der Waals surface area contributed by atoms with Crippen LogP contribution in [0.3, 0.4) is 0 Å². The first-order valence-electron chi connectivity index (χ1n) is 6.32. The van der Waals surface area contributed by atoms with Crippen molar-refractivity contribution < 1.29 is 9.53 Å². The zero-order chi connectivity index (χ0) is 13.1. The maximum absolute atomic E-state index is 12.3. The predicted octanol–water partition coefficient (Wildman–Crippen LogP) is 0.805. The standard InChI is InChI=1S/C12H20N4O2/c1-3-9-10(13)11(15-14-9)12(17)16-6-4-8(18-2)5-7-16/h8H,3-7,13H2,1-2H3,(H,14,15). The van der Waals surface area contributed by atoms with Gasteiger partial charge in [-0.3, -0.25) is 9.89 Å². The molecule has 0 unspecified atom stereocenters. The summed E-state index contributed by atoms with van der Waals surface area (Å²) in [4.78, 5) is 14.1. The average Bonchev–Trinajstić information content (AvgIpc) is 2.79. The van der Waals surface area contributed by atoms with Gasteiger partial charge in [0.25, 0.3) is 5.91 Å². The Hall–Kier alpha value is -1.56. The monoisotopic (exact) mass is 252 g/mol. The predicted molar refractivity (Wildman–Crippen MR) is 68.3 cm³/mol. The fourth-order valence-corrected chi connectivity index (χ4v) is 2.26. The number of H-pyrrole nitrogens is 1. The SMILES string of the molecule is CCc1[nH]nc(C(=O)N2CCC(OC)CC2)c1N. The molecule has 1 aliphatic heterocycles. The van der Waals surface area contributed by atoms with E-state index in [1.165, 1.54) is 0 Å². The topological polar surface area (TPSA) is 84.2 Å². The number of nitrogens with two attached hydrogens (primary N) is 1. The van der Waals surface area contributed by atoms with Crippen LogP contribution in [0.25, 0.3) is 0 Å². The van der Waals surface area contributed by atoms with Gasteiger partial charge in [0.15, 0.2) is 5.69 Å². The van der Waals surface area contributed by atoms with Gasteiger partial charge >= 0.3 is 0 Å². The van der Waals surface area contributed by atoms with Gasteiger partial charge in [-0.2, -0.15) is 5.10 Å². The van der Waals surface area contributed by atoms with Gasteiger partial charge < -0.3 is 15.4 Å². The molecule has 2 rings (SSSR count). The van der Waals surface area contributed by atoms with Crippen molar-refractivity contribution in [2.45, 2.75) is 32.3 Å². The number of carbonyl (C=O) groups is 1. The normalized spacial score (nSPS) is 17.1. The number of aromatic nitrogens is 2. The molecule has 1 fully saturated rings. The Balaban J connectivity index is 2.05. The minimum Gasteiger partial charge on any atom is -0.395 e. The summed E-state index contributed by atoms with van der Waals surface area (Å²) in [5.41, 5.74) is 7.57. The summed E-state index contributed by atoms with van der Waals surface area (Å²) in [5, 5.41) is 6.84. The van der Waals surface area contributed by atoms with Crippen LogP contribution in [0.15, 0.2) is 0 Å². The molecule has 1 amide bonds. The fourth-order valence-electron chi connectivity index (χ4n) is 2.26. The van der Waals surface area contributed by atoms with Crippen molar-refractivity contribution in [1.29, 1.82) is 0 Å². The van der Waals surface area contributed by atoms with Crippen LogP contribution in [-0.4, -0.2) is 47.3 Å². The van der Waals surface area contributed by atoms with Gasteiger partial charge in [0.05, 0.1) is 17.5 Å². The van der Waals surface area contributed by atoms with Crippen molar-refractivity contribution in [3.05, 3.63) is 11.4 Å². The zero-order valence-corrected chi connectivity index (χ0v) is 10.9. The van der Waals surface area contributed by atoms with E-state index in [4.69, 9.17) is 10.5 Å². The van der Waals surface area contributed by atoms with Crippen LogP contribution in [0.4, 0.5) is 5.69 Å². The zero-order valence-electron chi connectivity index (χ0n) is 10.9. The van der Waals surface area contributed by atoms with E-state index >= 15 is 0 Å². The number of hydrogen-bond donors (Lipinski definition) is 2. The van der Waals surface area contributed by atoms with Crippen LogP contribution in [0.1, 0.15) is 35.9 Å². The number of amides is 1. The Labute approximate surface area is 106 Å². The van der Waals surface area contributed by atoms with E-state index in [1.807, 2.05) is 6.92 Å². The number of nitrogen functional groups attached to an aromatic ring is 1. The van der Waals surface area contributed by atoms with Gasteiger partial charge in [0.2, 0.25) is 0 Å². The maximum atomic E-state index is 12.3. The highest BCUT2D eigenvalue weighted by Crippen LogP contribution is 2.19. The molecular formula is C12H20N4O2. The molecule has 1 aromatic rings. The first kappa shape index (κ1) is 12.9. The molecule has 0 atom stereocenters. The minimum atomic E-state index is -0.0852. The Morgan fingerprint density at radius 3 is 2.72 bits per heavy atom. The van der Waals surface area contributed by atoms with Gasteiger partial charge in [-0.05, 0) is 19.3 Å². The number of methoxy groups -OCH3 is 1. The van der Waals surface area contributed by atoms with Crippen LogP contribution in [0.5, 0.6) is 0 Å². The second-order valence-corrected chi connectivity index (χ2v) is 4.55. The summed E-state index contributed by atoms with van der Waals surface area (Å²) < 4.78 is 5.29. The molecule has 1 aliphatic rings. The lowest BCUT2D eigenvalue weighted by molar-refractivity contribution is 0.0348. The number of hydrogen-bond acceptors (Lipinski definition) is 4. The molecule has 0 radical (unpaired) electrons. The number of aromatic amines is 1. The molecule has 0 aromatic carbocycles. The number of aryl methyl sites for hydroxylation is 1. The lowest BCUT2D eigenvalue weighted by Crippen LogP contribution is -2.41. The highest BCUT2D eigenvalue weighted by atomic mass is 16.5. The molecular weight excluding hydrogens is 232 g/mol. The van der Waals surface area contributed by atoms with E-state index in [-0.39, 0.29) is 12.0 Å². The molecule has 6 nitrogen and oxygen atoms in total. The number of anilines is 1. The summed E-state index contributed by atoms with van der Waals surface area (Å²) in [6.07, 6.45) is 2.75. The van der Waals surface area contributed by atoms with Crippen molar-refractivity contribution >= 4 is 11.6 Å². The lowest BCUT2D eigenvalue weighted by Gasteiger charge is -2.30. The number of carbonyl (C=O) groups excluding carboxylic acids is 1. The summed E-state index contributed by atoms with van der Waals surface area (Å²) in [5.74, 6) is -0.0852. The van der Waals surface area contributed by atoms with E-state index in [0.717, 1.165) is 25.0 Å². The van der Waals surface area contributed by atoms with E-state index in [2.05, 4.69) is 10.2 Å². The maximum Gasteiger partial charge on any atom is 0.276 e. The Bertz CT molecular complexity index is 422. The molecule has 2 heterocycles. The van der Waals surface area contributed by atoms with E-state index in [1.54, 1.807) is 12.0 Å². The molecule has 0 spiro atoms. The number of piperidine rings is 1. The van der Waals surface area contributed by atoms with Crippen LogP contribution in [-0.2, 0) is 11.2 Å². The largest absolute Gasteiger partial charge is 0.395 e. The quantitative estimate of drug-likeness (QED) is 0.833. The second kappa shape index (κ2) is 5.39. The Morgan fingerprint density at radius 1 is 1.56 bits per heavy atom. The molecule has 1 aromatic heterocycles. The summed E-state index contributed by atoms with van der Waals surface area (Å²) in [6.45, 7) is 3.37. The summed E-state index contributed by atoms with van der Waals surface area (Å²) >= 11 is 0. The highest BCUT2D eigenvalue weighted by Gasteiger charge is 2.26. The van der Waals surface area contributed by atoms with Gasteiger partial charge in [0, 0.05) is 20.2 Å². The van der Waals surface area contributed by atoms with E-state index < -0.39 is 0 Å². The molecule has 3 N–H and O–H groups in total. The summed E-state index contributed by atoms with van der Waals surface area (Å²) in [7, 11) is 1.71. The van der Waals surface area contributed by atoms with Crippen LogP contribution in [0.2, 0.25) is 0 Å². The van der Waals surface area contributed by atoms with Crippen molar-refractivity contribution in [2.75, 3.05) is 25.9 Å². The first-order valence-corrected chi connectivity index (χ1v) is 6.32. The van der Waals surface area contributed by atoms with E-state index in [0.29, 0.717) is 24.5 Å². The molecule has 100 valence electrons. The number of nitrogens with zero attached hydrogens (tertiary/aromatic N) is 2. The van der Waals surface area contributed by atoms with Crippen molar-refractivity contribution in [3.8, 4) is 0 Å². The molecule has 0 bridgehead atoms. The van der Waals surface area contributed by atoms with Gasteiger partial charge in [0.1, 0.15) is 0 Å². The second-order valence-electron chi connectivity index (χ2n) is 4.55. The lowest BCUT2D eigenvalue weighted by atomic mass is 10.1. The van der Waals surface area contributed by atoms with Crippen LogP contribution in [0, 0.1) is 0 Å². The molecule has 0 aliphatic carbocycles. The average molecular weight is 252 g/mol. The molecule has 6 heteroatoms. The highest BCUT2D eigenvalue weighted by molar-refractivity contribution is 5.97. The Morgan fingerprint density at radius 2 is 2.22 bits per heavy atom. The summed E-state index contributed by atoms with van der Waals surface area (Å²) in [6, 6.07) is 0. The fraction of sp³-hybridized carbons (Fsp3) is 0.667. The van der Waals surface area contributed by atoms with E-state index in [9.17, 15) is 4.79 Å². The molecule has 1 saturated heterocycles. The van der Waals surface area contributed by atoms with Crippen LogP contribution >= 0.6 is 0 Å². The van der Waals surface area contributed by atoms with Gasteiger partial charge in [-0.15, -0.1) is 0 Å². The molecule has 18 heavy (non-hydrogen) atoms. The third-order valence-corrected chi connectivity index (χ3v) is 3.50. The third-order valence-electron chi connectivity index (χ3n) is 3.50. The molecule has 0 saturated carbocycles. The van der Waals surface area contributed by atoms with Gasteiger partial charge in [-0.1, -0.05) is 6.92 Å². The van der Waals surface area contributed by atoms with Crippen LogP contribution < -0.4 is 5.73 Å². The minimum absolute atomic E-state index is 0.0852. The van der Waals surface area contributed by atoms with Crippen molar-refractivity contribution in [1.82, 2.24) is 15.1 Å². The smallest absolute Gasteiger partial charge is 0.276 e. The third kappa shape index (κ3) is 2.33. The number of nitrogens with one attached hydrogen (secondary N) is 1.